The van der Waals surface area contributed by atoms with Gasteiger partial charge in [-0.25, -0.2) is 0 Å². The number of fused-ring (bicyclic) bond motifs is 1. The third-order valence-corrected chi connectivity index (χ3v) is 3.89. The number of rotatable bonds is 2. The van der Waals surface area contributed by atoms with E-state index in [0.717, 1.165) is 16.5 Å². The molecule has 0 bridgehead atoms. The largest absolute Gasteiger partial charge is 0.389 e. The molecule has 106 valence electrons. The highest BCUT2D eigenvalue weighted by atomic mass is 32.1. The fraction of sp³-hybridized carbons (Fsp3) is 0.250. The minimum Gasteiger partial charge on any atom is -0.389 e. The van der Waals surface area contributed by atoms with E-state index in [1.54, 1.807) is 18.3 Å². The Labute approximate surface area is 123 Å². The maximum Gasteiger partial charge on any atom is 0.0782 e. The van der Waals surface area contributed by atoms with E-state index in [1.807, 2.05) is 20.3 Å². The SMILES string of the molecule is CC(O)c1c[nH]c2ccc(-c3cccs3)cc12.CNC. The molecule has 3 nitrogen and oxygen atoms in total. The second kappa shape index (κ2) is 6.70. The van der Waals surface area contributed by atoms with Crippen molar-refractivity contribution in [1.82, 2.24) is 10.3 Å². The van der Waals surface area contributed by atoms with Crippen LogP contribution in [-0.4, -0.2) is 24.2 Å². The van der Waals surface area contributed by atoms with Gasteiger partial charge in [0.15, 0.2) is 0 Å². The summed E-state index contributed by atoms with van der Waals surface area (Å²) in [6.07, 6.45) is 1.44. The number of benzene rings is 1. The van der Waals surface area contributed by atoms with Gasteiger partial charge in [-0.2, -0.15) is 0 Å². The molecule has 0 aliphatic heterocycles. The first-order valence-corrected chi connectivity index (χ1v) is 7.46. The highest BCUT2D eigenvalue weighted by Crippen LogP contribution is 2.31. The molecule has 0 saturated heterocycles. The molecule has 2 aromatic heterocycles. The molecule has 0 aliphatic carbocycles. The summed E-state index contributed by atoms with van der Waals surface area (Å²) in [7, 11) is 3.75. The summed E-state index contributed by atoms with van der Waals surface area (Å²) in [6.45, 7) is 1.79. The number of aliphatic hydroxyl groups is 1. The van der Waals surface area contributed by atoms with E-state index in [9.17, 15) is 5.11 Å². The molecular formula is C16H20N2OS. The molecule has 1 unspecified atom stereocenters. The number of thiophene rings is 1. The number of hydrogen-bond acceptors (Lipinski definition) is 3. The molecule has 1 atom stereocenters. The molecule has 3 rings (SSSR count). The van der Waals surface area contributed by atoms with Crippen molar-refractivity contribution in [2.45, 2.75) is 13.0 Å². The Morgan fingerprint density at radius 1 is 1.25 bits per heavy atom. The Bertz CT molecular complexity index is 656. The van der Waals surface area contributed by atoms with Crippen LogP contribution >= 0.6 is 11.3 Å². The van der Waals surface area contributed by atoms with Crippen LogP contribution in [0.4, 0.5) is 0 Å². The molecule has 4 heteroatoms. The molecule has 2 heterocycles. The Morgan fingerprint density at radius 3 is 2.60 bits per heavy atom. The third-order valence-electron chi connectivity index (χ3n) is 2.97. The van der Waals surface area contributed by atoms with E-state index in [2.05, 4.69) is 46.0 Å². The van der Waals surface area contributed by atoms with E-state index in [0.29, 0.717) is 0 Å². The number of aromatic amines is 1. The highest BCUT2D eigenvalue weighted by molar-refractivity contribution is 7.13. The topological polar surface area (TPSA) is 48.0 Å². The van der Waals surface area contributed by atoms with Crippen molar-refractivity contribution in [2.24, 2.45) is 0 Å². The molecule has 3 aromatic rings. The lowest BCUT2D eigenvalue weighted by atomic mass is 10.1. The molecule has 0 saturated carbocycles. The zero-order chi connectivity index (χ0) is 14.5. The Hall–Kier alpha value is -1.62. The van der Waals surface area contributed by atoms with Crippen molar-refractivity contribution >= 4 is 22.2 Å². The van der Waals surface area contributed by atoms with Crippen molar-refractivity contribution in [3.8, 4) is 10.4 Å². The third kappa shape index (κ3) is 3.10. The zero-order valence-electron chi connectivity index (χ0n) is 12.0. The highest BCUT2D eigenvalue weighted by Gasteiger charge is 2.09. The fourth-order valence-corrected chi connectivity index (χ4v) is 2.81. The standard InChI is InChI=1S/C14H13NOS.C2H7N/c1-9(16)12-8-15-13-5-4-10(7-11(12)13)14-3-2-6-17-14;1-3-2/h2-9,15-16H,1H3;3H,1-2H3. The molecule has 0 spiro atoms. The number of H-pyrrole nitrogens is 1. The lowest BCUT2D eigenvalue weighted by Crippen LogP contribution is -1.89. The molecule has 0 radical (unpaired) electrons. The van der Waals surface area contributed by atoms with Crippen LogP contribution in [0.25, 0.3) is 21.3 Å². The van der Waals surface area contributed by atoms with E-state index >= 15 is 0 Å². The van der Waals surface area contributed by atoms with E-state index in [-0.39, 0.29) is 0 Å². The van der Waals surface area contributed by atoms with E-state index in [1.165, 1.54) is 10.4 Å². The van der Waals surface area contributed by atoms with Crippen molar-refractivity contribution in [2.75, 3.05) is 14.1 Å². The van der Waals surface area contributed by atoms with Gasteiger partial charge < -0.3 is 15.4 Å². The second-order valence-corrected chi connectivity index (χ2v) is 5.61. The fourth-order valence-electron chi connectivity index (χ4n) is 2.08. The molecule has 1 aromatic carbocycles. The van der Waals surface area contributed by atoms with Gasteiger partial charge in [-0.3, -0.25) is 0 Å². The summed E-state index contributed by atoms with van der Waals surface area (Å²) in [5.41, 5.74) is 3.23. The van der Waals surface area contributed by atoms with Gasteiger partial charge in [0.25, 0.3) is 0 Å². The maximum absolute atomic E-state index is 9.71. The molecule has 0 fully saturated rings. The summed E-state index contributed by atoms with van der Waals surface area (Å²) < 4.78 is 0. The van der Waals surface area contributed by atoms with Gasteiger partial charge in [-0.05, 0) is 50.2 Å². The van der Waals surface area contributed by atoms with Crippen LogP contribution < -0.4 is 5.32 Å². The molecule has 3 N–H and O–H groups in total. The monoisotopic (exact) mass is 288 g/mol. The van der Waals surface area contributed by atoms with Crippen LogP contribution in [0, 0.1) is 0 Å². The second-order valence-electron chi connectivity index (χ2n) is 4.66. The predicted molar refractivity (Wildman–Crippen MR) is 87.2 cm³/mol. The van der Waals surface area contributed by atoms with E-state index < -0.39 is 6.10 Å². The summed E-state index contributed by atoms with van der Waals surface area (Å²) in [5.74, 6) is 0. The number of aliphatic hydroxyl groups excluding tert-OH is 1. The van der Waals surface area contributed by atoms with Gasteiger partial charge in [-0.15, -0.1) is 11.3 Å². The number of aromatic nitrogens is 1. The van der Waals surface area contributed by atoms with Gasteiger partial charge in [0.1, 0.15) is 0 Å². The first-order chi connectivity index (χ1) is 9.67. The minimum absolute atomic E-state index is 0.442. The molecule has 20 heavy (non-hydrogen) atoms. The molecule has 0 aliphatic rings. The van der Waals surface area contributed by atoms with E-state index in [4.69, 9.17) is 0 Å². The van der Waals surface area contributed by atoms with Gasteiger partial charge in [-0.1, -0.05) is 12.1 Å². The first kappa shape index (κ1) is 14.8. The number of nitrogens with one attached hydrogen (secondary N) is 2. The number of hydrogen-bond donors (Lipinski definition) is 3. The van der Waals surface area contributed by atoms with Crippen LogP contribution in [0.3, 0.4) is 0 Å². The van der Waals surface area contributed by atoms with Crippen molar-refractivity contribution in [3.05, 3.63) is 47.5 Å². The van der Waals surface area contributed by atoms with Gasteiger partial charge in [0.05, 0.1) is 6.10 Å². The van der Waals surface area contributed by atoms with Crippen LogP contribution in [0.1, 0.15) is 18.6 Å². The van der Waals surface area contributed by atoms with Crippen molar-refractivity contribution in [3.63, 3.8) is 0 Å². The quantitative estimate of drug-likeness (QED) is 0.672. The predicted octanol–water partition coefficient (Wildman–Crippen LogP) is 3.79. The molecule has 0 amide bonds. The summed E-state index contributed by atoms with van der Waals surface area (Å²) in [4.78, 5) is 4.44. The smallest absolute Gasteiger partial charge is 0.0782 e. The summed E-state index contributed by atoms with van der Waals surface area (Å²) >= 11 is 1.73. The average molecular weight is 288 g/mol. The Morgan fingerprint density at radius 2 is 2.00 bits per heavy atom. The van der Waals surface area contributed by atoms with Crippen LogP contribution in [0.2, 0.25) is 0 Å². The molecular weight excluding hydrogens is 268 g/mol. The Kier molecular flexibility index (Phi) is 4.95. The van der Waals surface area contributed by atoms with Crippen LogP contribution in [0.15, 0.2) is 41.9 Å². The van der Waals surface area contributed by atoms with Gasteiger partial charge in [0, 0.05) is 27.5 Å². The Balaban J connectivity index is 0.000000452. The first-order valence-electron chi connectivity index (χ1n) is 6.58. The van der Waals surface area contributed by atoms with Crippen molar-refractivity contribution < 1.29 is 5.11 Å². The zero-order valence-corrected chi connectivity index (χ0v) is 12.8. The lowest BCUT2D eigenvalue weighted by molar-refractivity contribution is 0.201. The van der Waals surface area contributed by atoms with Crippen molar-refractivity contribution in [1.29, 1.82) is 0 Å². The lowest BCUT2D eigenvalue weighted by Gasteiger charge is -2.03. The van der Waals surface area contributed by atoms with Gasteiger partial charge >= 0.3 is 0 Å². The average Bonchev–Trinajstić information content (AvgIpc) is 3.08. The summed E-state index contributed by atoms with van der Waals surface area (Å²) in [5, 5.41) is 15.6. The minimum atomic E-state index is -0.442. The summed E-state index contributed by atoms with van der Waals surface area (Å²) in [6, 6.07) is 10.5. The van der Waals surface area contributed by atoms with Crippen LogP contribution in [-0.2, 0) is 0 Å². The normalized spacial score (nSPS) is 12.0. The van der Waals surface area contributed by atoms with Crippen LogP contribution in [0.5, 0.6) is 0 Å². The maximum atomic E-state index is 9.71. The van der Waals surface area contributed by atoms with Gasteiger partial charge in [0.2, 0.25) is 0 Å².